The average molecular weight is 447 g/mol. The van der Waals surface area contributed by atoms with Gasteiger partial charge in [-0.1, -0.05) is 30.3 Å². The van der Waals surface area contributed by atoms with Gasteiger partial charge in [0.2, 0.25) is 15.9 Å². The summed E-state index contributed by atoms with van der Waals surface area (Å²) in [5.74, 6) is 0.818. The summed E-state index contributed by atoms with van der Waals surface area (Å²) in [5, 5.41) is 0. The molecule has 0 spiro atoms. The van der Waals surface area contributed by atoms with Gasteiger partial charge in [0.15, 0.2) is 0 Å². The highest BCUT2D eigenvalue weighted by Crippen LogP contribution is 2.21. The van der Waals surface area contributed by atoms with Gasteiger partial charge >= 0.3 is 0 Å². The van der Waals surface area contributed by atoms with Gasteiger partial charge in [0.05, 0.1) is 24.7 Å². The van der Waals surface area contributed by atoms with Crippen molar-refractivity contribution in [3.63, 3.8) is 0 Å². The summed E-state index contributed by atoms with van der Waals surface area (Å²) in [6.45, 7) is 4.57. The Balaban J connectivity index is 1.55. The number of nitrogens with zero attached hydrogens (tertiary/aromatic N) is 2. The Labute approximate surface area is 184 Å². The summed E-state index contributed by atoms with van der Waals surface area (Å²) >= 11 is 0. The number of morpholine rings is 1. The maximum Gasteiger partial charge on any atom is 0.243 e. The molecule has 3 rings (SSSR count). The van der Waals surface area contributed by atoms with E-state index >= 15 is 0 Å². The van der Waals surface area contributed by atoms with Crippen LogP contribution in [0.2, 0.25) is 0 Å². The Morgan fingerprint density at radius 2 is 1.77 bits per heavy atom. The molecular formula is C23H30N2O5S. The normalized spacial score (nSPS) is 14.9. The zero-order chi connectivity index (χ0) is 22.3. The Morgan fingerprint density at radius 1 is 1.10 bits per heavy atom. The van der Waals surface area contributed by atoms with E-state index in [9.17, 15) is 13.2 Å². The van der Waals surface area contributed by atoms with Crippen LogP contribution in [0, 0.1) is 0 Å². The van der Waals surface area contributed by atoms with Gasteiger partial charge in [-0.3, -0.25) is 4.79 Å². The number of benzene rings is 2. The van der Waals surface area contributed by atoms with E-state index in [0.29, 0.717) is 52.3 Å². The van der Waals surface area contributed by atoms with Crippen LogP contribution in [0.3, 0.4) is 0 Å². The molecule has 1 saturated heterocycles. The van der Waals surface area contributed by atoms with E-state index in [-0.39, 0.29) is 10.8 Å². The van der Waals surface area contributed by atoms with Crippen molar-refractivity contribution < 1.29 is 22.7 Å². The predicted molar refractivity (Wildman–Crippen MR) is 118 cm³/mol. The second-order valence-electron chi connectivity index (χ2n) is 7.45. The summed E-state index contributed by atoms with van der Waals surface area (Å²) in [7, 11) is -1.72. The Bertz CT molecular complexity index is 970. The number of amides is 1. The fourth-order valence-corrected chi connectivity index (χ4v) is 4.89. The molecular weight excluding hydrogens is 416 g/mol. The van der Waals surface area contributed by atoms with Gasteiger partial charge < -0.3 is 14.4 Å². The lowest BCUT2D eigenvalue weighted by Crippen LogP contribution is -2.40. The van der Waals surface area contributed by atoms with E-state index < -0.39 is 10.0 Å². The fraction of sp³-hybridized carbons (Fsp3) is 0.435. The second-order valence-corrected chi connectivity index (χ2v) is 9.39. The topological polar surface area (TPSA) is 76.2 Å². The highest BCUT2D eigenvalue weighted by molar-refractivity contribution is 7.89. The van der Waals surface area contributed by atoms with Crippen LogP contribution in [0.25, 0.3) is 0 Å². The molecule has 0 atom stereocenters. The number of carbonyl (C=O) groups is 1. The van der Waals surface area contributed by atoms with Crippen molar-refractivity contribution in [2.45, 2.75) is 31.2 Å². The Morgan fingerprint density at radius 3 is 2.45 bits per heavy atom. The Kier molecular flexibility index (Phi) is 8.06. The van der Waals surface area contributed by atoms with Crippen molar-refractivity contribution in [3.05, 3.63) is 59.7 Å². The van der Waals surface area contributed by atoms with Crippen LogP contribution >= 0.6 is 0 Å². The van der Waals surface area contributed by atoms with Gasteiger partial charge in [-0.25, -0.2) is 8.42 Å². The summed E-state index contributed by atoms with van der Waals surface area (Å²) in [5.41, 5.74) is 1.90. The van der Waals surface area contributed by atoms with E-state index in [1.165, 1.54) is 4.31 Å². The number of aryl methyl sites for hydroxylation is 1. The molecule has 2 aromatic carbocycles. The number of para-hydroxylation sites is 1. The van der Waals surface area contributed by atoms with Gasteiger partial charge in [-0.05, 0) is 37.1 Å². The predicted octanol–water partition coefficient (Wildman–Crippen LogP) is 2.70. The van der Waals surface area contributed by atoms with Crippen LogP contribution < -0.4 is 4.74 Å². The van der Waals surface area contributed by atoms with Gasteiger partial charge in [0.1, 0.15) is 5.75 Å². The van der Waals surface area contributed by atoms with Crippen LogP contribution in [-0.4, -0.2) is 63.5 Å². The van der Waals surface area contributed by atoms with Gasteiger partial charge in [0.25, 0.3) is 0 Å². The number of carbonyl (C=O) groups excluding carboxylic acids is 1. The highest BCUT2D eigenvalue weighted by Gasteiger charge is 2.26. The molecule has 0 aromatic heterocycles. The zero-order valence-electron chi connectivity index (χ0n) is 18.1. The van der Waals surface area contributed by atoms with E-state index in [0.717, 1.165) is 16.9 Å². The highest BCUT2D eigenvalue weighted by atomic mass is 32.2. The lowest BCUT2D eigenvalue weighted by atomic mass is 10.1. The molecule has 7 nitrogen and oxygen atoms in total. The zero-order valence-corrected chi connectivity index (χ0v) is 18.9. The van der Waals surface area contributed by atoms with Crippen molar-refractivity contribution in [1.29, 1.82) is 0 Å². The lowest BCUT2D eigenvalue weighted by molar-refractivity contribution is -0.130. The van der Waals surface area contributed by atoms with Gasteiger partial charge in [-0.15, -0.1) is 0 Å². The monoisotopic (exact) mass is 446 g/mol. The first-order chi connectivity index (χ1) is 14.9. The third-order valence-corrected chi connectivity index (χ3v) is 7.18. The quantitative estimate of drug-likeness (QED) is 0.592. The van der Waals surface area contributed by atoms with Crippen molar-refractivity contribution in [3.8, 4) is 5.75 Å². The standard InChI is InChI=1S/C23H30N2O5S/c1-3-30-22-7-5-4-6-20(22)18-24(2)23(26)13-10-19-8-11-21(12-9-19)31(27,28)25-14-16-29-17-15-25/h4-9,11-12H,3,10,13-18H2,1-2H3. The van der Waals surface area contributed by atoms with E-state index in [1.807, 2.05) is 31.2 Å². The van der Waals surface area contributed by atoms with Crippen LogP contribution in [0.15, 0.2) is 53.4 Å². The van der Waals surface area contributed by atoms with Gasteiger partial charge in [-0.2, -0.15) is 4.31 Å². The summed E-state index contributed by atoms with van der Waals surface area (Å²) in [4.78, 5) is 14.6. The molecule has 31 heavy (non-hydrogen) atoms. The van der Waals surface area contributed by atoms with Crippen molar-refractivity contribution >= 4 is 15.9 Å². The first-order valence-corrected chi connectivity index (χ1v) is 12.0. The lowest BCUT2D eigenvalue weighted by Gasteiger charge is -2.26. The molecule has 1 amide bonds. The third kappa shape index (κ3) is 6.06. The minimum Gasteiger partial charge on any atom is -0.494 e. The molecule has 168 valence electrons. The van der Waals surface area contributed by atoms with E-state index in [1.54, 1.807) is 36.2 Å². The molecule has 0 unspecified atom stereocenters. The molecule has 2 aromatic rings. The molecule has 1 heterocycles. The number of rotatable bonds is 9. The van der Waals surface area contributed by atoms with E-state index in [2.05, 4.69) is 0 Å². The number of sulfonamides is 1. The molecule has 8 heteroatoms. The molecule has 0 saturated carbocycles. The summed E-state index contributed by atoms with van der Waals surface area (Å²) in [6, 6.07) is 14.5. The summed E-state index contributed by atoms with van der Waals surface area (Å²) < 4.78 is 37.7. The van der Waals surface area contributed by atoms with Crippen molar-refractivity contribution in [1.82, 2.24) is 9.21 Å². The smallest absolute Gasteiger partial charge is 0.243 e. The SMILES string of the molecule is CCOc1ccccc1CN(C)C(=O)CCc1ccc(S(=O)(=O)N2CCOCC2)cc1. The minimum atomic E-state index is -3.50. The molecule has 0 radical (unpaired) electrons. The van der Waals surface area contributed by atoms with Crippen LogP contribution in [0.1, 0.15) is 24.5 Å². The van der Waals surface area contributed by atoms with Crippen molar-refractivity contribution in [2.75, 3.05) is 40.0 Å². The number of hydrogen-bond acceptors (Lipinski definition) is 5. The van der Waals surface area contributed by atoms with Crippen LogP contribution in [0.4, 0.5) is 0 Å². The van der Waals surface area contributed by atoms with Crippen molar-refractivity contribution in [2.24, 2.45) is 0 Å². The second kappa shape index (κ2) is 10.7. The molecule has 1 fully saturated rings. The van der Waals surface area contributed by atoms with Crippen LogP contribution in [-0.2, 0) is 32.5 Å². The first-order valence-electron chi connectivity index (χ1n) is 10.5. The average Bonchev–Trinajstić information content (AvgIpc) is 2.79. The number of hydrogen-bond donors (Lipinski definition) is 0. The van der Waals surface area contributed by atoms with Crippen LogP contribution in [0.5, 0.6) is 5.75 Å². The largest absolute Gasteiger partial charge is 0.494 e. The molecule has 0 bridgehead atoms. The minimum absolute atomic E-state index is 0.0244. The molecule has 1 aliphatic rings. The fourth-order valence-electron chi connectivity index (χ4n) is 3.48. The van der Waals surface area contributed by atoms with E-state index in [4.69, 9.17) is 9.47 Å². The molecule has 1 aliphatic heterocycles. The Hall–Kier alpha value is -2.42. The van der Waals surface area contributed by atoms with Gasteiger partial charge in [0, 0.05) is 38.7 Å². The maximum atomic E-state index is 12.7. The molecule has 0 N–H and O–H groups in total. The number of ether oxygens (including phenoxy) is 2. The maximum absolute atomic E-state index is 12.7. The first kappa shape index (κ1) is 23.2. The third-order valence-electron chi connectivity index (χ3n) is 5.26. The molecule has 0 aliphatic carbocycles. The summed E-state index contributed by atoms with van der Waals surface area (Å²) in [6.07, 6.45) is 0.900.